The molecule has 9 heteroatoms. The molecule has 156 valence electrons. The number of aromatic nitrogens is 2. The largest absolute Gasteiger partial charge is 0.491 e. The Kier molecular flexibility index (Phi) is 7.09. The van der Waals surface area contributed by atoms with E-state index >= 15 is 0 Å². The van der Waals surface area contributed by atoms with Crippen LogP contribution in [0.4, 0.5) is 0 Å². The Morgan fingerprint density at radius 3 is 2.83 bits per heavy atom. The highest BCUT2D eigenvalue weighted by Crippen LogP contribution is 2.22. The Morgan fingerprint density at radius 1 is 1.37 bits per heavy atom. The molecule has 1 N–H and O–H groups in total. The normalized spacial score (nSPS) is 16.1. The average Bonchev–Trinajstić information content (AvgIpc) is 2.78. The van der Waals surface area contributed by atoms with Crippen molar-refractivity contribution in [2.45, 2.75) is 19.4 Å². The summed E-state index contributed by atoms with van der Waals surface area (Å²) in [6.07, 6.45) is 6.93. The fourth-order valence-corrected chi connectivity index (χ4v) is 2.62. The fourth-order valence-electron chi connectivity index (χ4n) is 2.62. The van der Waals surface area contributed by atoms with Gasteiger partial charge in [0.05, 0.1) is 25.0 Å². The average molecular weight is 408 g/mol. The van der Waals surface area contributed by atoms with Crippen LogP contribution in [0.2, 0.25) is 0 Å². The second-order valence-electron chi connectivity index (χ2n) is 6.46. The van der Waals surface area contributed by atoms with Crippen LogP contribution >= 0.6 is 0 Å². The molecule has 9 nitrogen and oxygen atoms in total. The van der Waals surface area contributed by atoms with Crippen molar-refractivity contribution >= 4 is 17.9 Å². The van der Waals surface area contributed by atoms with Gasteiger partial charge in [-0.25, -0.2) is 9.97 Å². The molecule has 0 radical (unpaired) electrons. The molecule has 0 saturated carbocycles. The quantitative estimate of drug-likeness (QED) is 0.309. The van der Waals surface area contributed by atoms with Gasteiger partial charge in [0, 0.05) is 25.4 Å². The molecule has 0 bridgehead atoms. The van der Waals surface area contributed by atoms with Crippen molar-refractivity contribution in [3.63, 3.8) is 0 Å². The first kappa shape index (κ1) is 21.0. The van der Waals surface area contributed by atoms with Crippen molar-refractivity contribution in [2.24, 2.45) is 10.2 Å². The summed E-state index contributed by atoms with van der Waals surface area (Å²) in [6, 6.07) is 7.01. The third-order valence-electron chi connectivity index (χ3n) is 4.18. The van der Waals surface area contributed by atoms with Crippen LogP contribution in [0.3, 0.4) is 0 Å². The van der Waals surface area contributed by atoms with E-state index in [1.54, 1.807) is 36.8 Å². The van der Waals surface area contributed by atoms with Crippen molar-refractivity contribution < 1.29 is 14.3 Å². The zero-order valence-corrected chi connectivity index (χ0v) is 17.0. The molecule has 0 fully saturated rings. The van der Waals surface area contributed by atoms with E-state index in [0.717, 1.165) is 24.6 Å². The molecular weight excluding hydrogens is 384 g/mol. The molecule has 1 aliphatic rings. The van der Waals surface area contributed by atoms with E-state index in [9.17, 15) is 4.79 Å². The number of nitrogens with zero attached hydrogens (tertiary/aromatic N) is 5. The van der Waals surface area contributed by atoms with Crippen molar-refractivity contribution in [1.82, 2.24) is 20.4 Å². The summed E-state index contributed by atoms with van der Waals surface area (Å²) >= 11 is 0. The molecule has 2 aromatic rings. The Labute approximate surface area is 175 Å². The molecule has 1 atom stereocenters. The molecule has 0 saturated heterocycles. The molecule has 1 aromatic heterocycles. The van der Waals surface area contributed by atoms with E-state index in [2.05, 4.69) is 32.2 Å². The monoisotopic (exact) mass is 408 g/mol. The standard InChI is InChI=1S/C21H24N6O3/c1-4-19(28)21(26-25-16-9-10-27(3)24-12-16)30-17-8-6-7-15(11-17)20-22-13-18(14-23-20)29-5-2/h4,6-8,11-14,16,25H,1,5,9-10H2,2-3H3/b26-21+. The number of carbonyl (C=O) groups excluding carboxylic acids is 1. The molecule has 1 aliphatic heterocycles. The third-order valence-corrected chi connectivity index (χ3v) is 4.18. The maximum atomic E-state index is 12.2. The van der Waals surface area contributed by atoms with Crippen LogP contribution in [0, 0.1) is 0 Å². The van der Waals surface area contributed by atoms with Crippen molar-refractivity contribution in [1.29, 1.82) is 0 Å². The second kappa shape index (κ2) is 10.1. The van der Waals surface area contributed by atoms with Gasteiger partial charge in [0.15, 0.2) is 11.6 Å². The molecule has 2 heterocycles. The maximum Gasteiger partial charge on any atom is 0.284 e. The van der Waals surface area contributed by atoms with Gasteiger partial charge in [0.25, 0.3) is 5.90 Å². The van der Waals surface area contributed by atoms with Crippen molar-refractivity contribution in [3.8, 4) is 22.9 Å². The lowest BCUT2D eigenvalue weighted by atomic mass is 10.2. The number of hydrazone groups is 2. The Morgan fingerprint density at radius 2 is 2.17 bits per heavy atom. The first-order chi connectivity index (χ1) is 14.6. The van der Waals surface area contributed by atoms with Crippen LogP contribution in [0.5, 0.6) is 11.5 Å². The first-order valence-corrected chi connectivity index (χ1v) is 9.57. The summed E-state index contributed by atoms with van der Waals surface area (Å²) in [5.41, 5.74) is 3.65. The summed E-state index contributed by atoms with van der Waals surface area (Å²) in [5, 5.41) is 10.2. The van der Waals surface area contributed by atoms with Gasteiger partial charge in [0.2, 0.25) is 5.78 Å². The SMILES string of the molecule is C=CC(=O)/C(=N\NC1C=NN(C)CC1)Oc1cccc(-c2ncc(OCC)cn2)c1. The molecule has 0 spiro atoms. The Hall–Kier alpha value is -3.75. The van der Waals surface area contributed by atoms with Gasteiger partial charge >= 0.3 is 0 Å². The minimum Gasteiger partial charge on any atom is -0.491 e. The zero-order chi connectivity index (χ0) is 21.3. The molecular formula is C21H24N6O3. The number of ketones is 1. The lowest BCUT2D eigenvalue weighted by Crippen LogP contribution is -2.36. The summed E-state index contributed by atoms with van der Waals surface area (Å²) in [5.74, 6) is 0.997. The third kappa shape index (κ3) is 5.63. The molecule has 0 amide bonds. The van der Waals surface area contributed by atoms with Gasteiger partial charge < -0.3 is 14.5 Å². The zero-order valence-electron chi connectivity index (χ0n) is 17.0. The molecule has 1 aromatic carbocycles. The van der Waals surface area contributed by atoms with Gasteiger partial charge in [-0.05, 0) is 31.6 Å². The predicted molar refractivity (Wildman–Crippen MR) is 115 cm³/mol. The van der Waals surface area contributed by atoms with Gasteiger partial charge in [-0.3, -0.25) is 10.2 Å². The number of hydrogen-bond donors (Lipinski definition) is 1. The summed E-state index contributed by atoms with van der Waals surface area (Å²) in [4.78, 5) is 20.8. The minimum atomic E-state index is -0.435. The fraction of sp³-hybridized carbons (Fsp3) is 0.286. The lowest BCUT2D eigenvalue weighted by molar-refractivity contribution is -0.109. The van der Waals surface area contributed by atoms with E-state index in [1.807, 2.05) is 25.0 Å². The maximum absolute atomic E-state index is 12.2. The highest BCUT2D eigenvalue weighted by Gasteiger charge is 2.15. The molecule has 1 unspecified atom stereocenters. The van der Waals surface area contributed by atoms with E-state index in [4.69, 9.17) is 9.47 Å². The number of hydrogen-bond acceptors (Lipinski definition) is 9. The Bertz CT molecular complexity index is 942. The van der Waals surface area contributed by atoms with Gasteiger partial charge in [0.1, 0.15) is 5.75 Å². The number of benzene rings is 1. The van der Waals surface area contributed by atoms with Crippen molar-refractivity contribution in [2.75, 3.05) is 20.2 Å². The van der Waals surface area contributed by atoms with Crippen molar-refractivity contribution in [3.05, 3.63) is 49.3 Å². The summed E-state index contributed by atoms with van der Waals surface area (Å²) < 4.78 is 11.1. The highest BCUT2D eigenvalue weighted by atomic mass is 16.5. The summed E-state index contributed by atoms with van der Waals surface area (Å²) in [7, 11) is 1.90. The van der Waals surface area contributed by atoms with E-state index in [1.165, 1.54) is 0 Å². The lowest BCUT2D eigenvalue weighted by Gasteiger charge is -2.22. The van der Waals surface area contributed by atoms with E-state index < -0.39 is 5.78 Å². The first-order valence-electron chi connectivity index (χ1n) is 9.57. The van der Waals surface area contributed by atoms with Crippen LogP contribution in [-0.2, 0) is 4.79 Å². The highest BCUT2D eigenvalue weighted by molar-refractivity contribution is 6.41. The number of ether oxygens (including phenoxy) is 2. The number of carbonyl (C=O) groups is 1. The van der Waals surface area contributed by atoms with E-state index in [-0.39, 0.29) is 11.9 Å². The number of rotatable bonds is 8. The Balaban J connectivity index is 1.75. The van der Waals surface area contributed by atoms with Crippen LogP contribution < -0.4 is 14.9 Å². The van der Waals surface area contributed by atoms with Crippen LogP contribution in [0.1, 0.15) is 13.3 Å². The smallest absolute Gasteiger partial charge is 0.284 e. The topological polar surface area (TPSA) is 101 Å². The number of nitrogens with one attached hydrogen (secondary N) is 1. The van der Waals surface area contributed by atoms with Crippen LogP contribution in [-0.4, -0.2) is 59.1 Å². The van der Waals surface area contributed by atoms with Gasteiger partial charge in [-0.1, -0.05) is 18.7 Å². The predicted octanol–water partition coefficient (Wildman–Crippen LogP) is 2.27. The van der Waals surface area contributed by atoms with E-state index in [0.29, 0.717) is 23.9 Å². The molecule has 30 heavy (non-hydrogen) atoms. The minimum absolute atomic E-state index is 0.0824. The van der Waals surface area contributed by atoms with Crippen LogP contribution in [0.25, 0.3) is 11.4 Å². The van der Waals surface area contributed by atoms with Crippen LogP contribution in [0.15, 0.2) is 59.5 Å². The van der Waals surface area contributed by atoms with Gasteiger partial charge in [-0.15, -0.1) is 5.10 Å². The van der Waals surface area contributed by atoms with Gasteiger partial charge in [-0.2, -0.15) is 5.10 Å². The summed E-state index contributed by atoms with van der Waals surface area (Å²) in [6.45, 7) is 6.74. The molecule has 3 rings (SSSR count). The second-order valence-corrected chi connectivity index (χ2v) is 6.46. The molecule has 0 aliphatic carbocycles.